The zero-order valence-corrected chi connectivity index (χ0v) is 14.7. The molecule has 1 N–H and O–H groups in total. The number of aryl methyl sites for hydroxylation is 1. The standard InChI is InChI=1S/C19H33NO/c1-7-11-20-19(15(5)8-2)13-21-17-9-10-18(14(3)4)16(6)12-17/h9-10,12,14-15,19-20H,7-8,11,13H2,1-6H3. The van der Waals surface area contributed by atoms with Gasteiger partial charge < -0.3 is 10.1 Å². The zero-order valence-electron chi connectivity index (χ0n) is 14.7. The van der Waals surface area contributed by atoms with E-state index in [1.165, 1.54) is 17.5 Å². The van der Waals surface area contributed by atoms with Crippen LogP contribution in [-0.2, 0) is 0 Å². The molecule has 2 heteroatoms. The first-order valence-corrected chi connectivity index (χ1v) is 8.46. The summed E-state index contributed by atoms with van der Waals surface area (Å²) in [5, 5.41) is 3.61. The molecule has 0 heterocycles. The summed E-state index contributed by atoms with van der Waals surface area (Å²) in [6, 6.07) is 6.91. The topological polar surface area (TPSA) is 21.3 Å². The van der Waals surface area contributed by atoms with Crippen LogP contribution in [0.2, 0.25) is 0 Å². The van der Waals surface area contributed by atoms with Crippen LogP contribution in [0, 0.1) is 12.8 Å². The van der Waals surface area contributed by atoms with E-state index in [0.717, 1.165) is 25.3 Å². The first kappa shape index (κ1) is 18.0. The minimum atomic E-state index is 0.431. The first-order valence-electron chi connectivity index (χ1n) is 8.46. The van der Waals surface area contributed by atoms with E-state index in [-0.39, 0.29) is 0 Å². The summed E-state index contributed by atoms with van der Waals surface area (Å²) < 4.78 is 6.04. The van der Waals surface area contributed by atoms with Crippen molar-refractivity contribution in [3.63, 3.8) is 0 Å². The molecule has 0 aliphatic rings. The van der Waals surface area contributed by atoms with Gasteiger partial charge in [-0.3, -0.25) is 0 Å². The van der Waals surface area contributed by atoms with Crippen molar-refractivity contribution >= 4 is 0 Å². The van der Waals surface area contributed by atoms with Gasteiger partial charge in [0.15, 0.2) is 0 Å². The number of hydrogen-bond acceptors (Lipinski definition) is 2. The second kappa shape index (κ2) is 9.09. The lowest BCUT2D eigenvalue weighted by atomic mass is 9.98. The molecule has 0 amide bonds. The van der Waals surface area contributed by atoms with Crippen molar-refractivity contribution in [3.8, 4) is 5.75 Å². The van der Waals surface area contributed by atoms with Gasteiger partial charge in [-0.15, -0.1) is 0 Å². The maximum atomic E-state index is 6.04. The Morgan fingerprint density at radius 1 is 1.14 bits per heavy atom. The van der Waals surface area contributed by atoms with Crippen molar-refractivity contribution in [2.24, 2.45) is 5.92 Å². The molecule has 0 bridgehead atoms. The van der Waals surface area contributed by atoms with Crippen LogP contribution < -0.4 is 10.1 Å². The van der Waals surface area contributed by atoms with Crippen molar-refractivity contribution < 1.29 is 4.74 Å². The van der Waals surface area contributed by atoms with Gasteiger partial charge in [0.2, 0.25) is 0 Å². The molecule has 0 saturated carbocycles. The highest BCUT2D eigenvalue weighted by molar-refractivity contribution is 5.36. The normalized spacial score (nSPS) is 14.2. The van der Waals surface area contributed by atoms with Crippen LogP contribution in [0.15, 0.2) is 18.2 Å². The Morgan fingerprint density at radius 2 is 1.86 bits per heavy atom. The third kappa shape index (κ3) is 5.70. The Kier molecular flexibility index (Phi) is 7.81. The van der Waals surface area contributed by atoms with E-state index in [1.54, 1.807) is 0 Å². The molecule has 0 aromatic heterocycles. The second-order valence-corrected chi connectivity index (χ2v) is 6.43. The molecule has 120 valence electrons. The van der Waals surface area contributed by atoms with Gasteiger partial charge in [-0.2, -0.15) is 0 Å². The number of nitrogens with one attached hydrogen (secondary N) is 1. The molecule has 21 heavy (non-hydrogen) atoms. The van der Waals surface area contributed by atoms with Crippen LogP contribution in [0.1, 0.15) is 64.5 Å². The number of ether oxygens (including phenoxy) is 1. The van der Waals surface area contributed by atoms with E-state index in [9.17, 15) is 0 Å². The smallest absolute Gasteiger partial charge is 0.119 e. The minimum Gasteiger partial charge on any atom is -0.492 e. The molecule has 1 rings (SSSR count). The summed E-state index contributed by atoms with van der Waals surface area (Å²) in [6.45, 7) is 15.2. The van der Waals surface area contributed by atoms with Crippen LogP contribution in [0.5, 0.6) is 5.75 Å². The van der Waals surface area contributed by atoms with Gasteiger partial charge in [0.1, 0.15) is 12.4 Å². The van der Waals surface area contributed by atoms with E-state index in [0.29, 0.717) is 17.9 Å². The van der Waals surface area contributed by atoms with Gasteiger partial charge in [0.25, 0.3) is 0 Å². The maximum absolute atomic E-state index is 6.04. The molecule has 2 nitrogen and oxygen atoms in total. The summed E-state index contributed by atoms with van der Waals surface area (Å²) in [5.74, 6) is 2.19. The lowest BCUT2D eigenvalue weighted by Gasteiger charge is -2.24. The highest BCUT2D eigenvalue weighted by Crippen LogP contribution is 2.23. The van der Waals surface area contributed by atoms with E-state index in [2.05, 4.69) is 65.1 Å². The van der Waals surface area contributed by atoms with Gasteiger partial charge in [0, 0.05) is 6.04 Å². The van der Waals surface area contributed by atoms with Crippen molar-refractivity contribution in [1.29, 1.82) is 0 Å². The molecule has 0 fully saturated rings. The molecule has 0 spiro atoms. The molecule has 0 radical (unpaired) electrons. The Morgan fingerprint density at radius 3 is 2.38 bits per heavy atom. The third-order valence-electron chi connectivity index (χ3n) is 4.28. The Balaban J connectivity index is 2.64. The zero-order chi connectivity index (χ0) is 15.8. The lowest BCUT2D eigenvalue weighted by Crippen LogP contribution is -2.40. The van der Waals surface area contributed by atoms with Crippen LogP contribution in [-0.4, -0.2) is 19.2 Å². The fourth-order valence-electron chi connectivity index (χ4n) is 2.61. The van der Waals surface area contributed by atoms with Crippen LogP contribution in [0.3, 0.4) is 0 Å². The van der Waals surface area contributed by atoms with Crippen molar-refractivity contribution in [3.05, 3.63) is 29.3 Å². The van der Waals surface area contributed by atoms with Gasteiger partial charge in [0.05, 0.1) is 0 Å². The van der Waals surface area contributed by atoms with Crippen molar-refractivity contribution in [1.82, 2.24) is 5.32 Å². The van der Waals surface area contributed by atoms with Gasteiger partial charge in [-0.25, -0.2) is 0 Å². The fourth-order valence-corrected chi connectivity index (χ4v) is 2.61. The maximum Gasteiger partial charge on any atom is 0.119 e. The average molecular weight is 291 g/mol. The molecule has 0 aliphatic carbocycles. The van der Waals surface area contributed by atoms with E-state index >= 15 is 0 Å². The molecule has 2 atom stereocenters. The van der Waals surface area contributed by atoms with Crippen LogP contribution in [0.25, 0.3) is 0 Å². The average Bonchev–Trinajstić information content (AvgIpc) is 2.46. The second-order valence-electron chi connectivity index (χ2n) is 6.43. The molecule has 2 unspecified atom stereocenters. The molecule has 1 aromatic rings. The minimum absolute atomic E-state index is 0.431. The number of rotatable bonds is 9. The third-order valence-corrected chi connectivity index (χ3v) is 4.28. The van der Waals surface area contributed by atoms with Gasteiger partial charge in [-0.05, 0) is 55.0 Å². The number of benzene rings is 1. The Labute approximate surface area is 131 Å². The van der Waals surface area contributed by atoms with Gasteiger partial charge in [-0.1, -0.05) is 47.1 Å². The molecule has 1 aromatic carbocycles. The van der Waals surface area contributed by atoms with Crippen molar-refractivity contribution in [2.75, 3.05) is 13.2 Å². The summed E-state index contributed by atoms with van der Waals surface area (Å²) in [5.41, 5.74) is 2.73. The summed E-state index contributed by atoms with van der Waals surface area (Å²) in [6.07, 6.45) is 2.34. The predicted molar refractivity (Wildman–Crippen MR) is 92.3 cm³/mol. The molecule has 0 aliphatic heterocycles. The molecular weight excluding hydrogens is 258 g/mol. The number of hydrogen-bond donors (Lipinski definition) is 1. The van der Waals surface area contributed by atoms with E-state index in [4.69, 9.17) is 4.74 Å². The molecular formula is C19H33NO. The lowest BCUT2D eigenvalue weighted by molar-refractivity contribution is 0.220. The molecule has 0 saturated heterocycles. The van der Waals surface area contributed by atoms with Crippen molar-refractivity contribution in [2.45, 2.75) is 66.3 Å². The van der Waals surface area contributed by atoms with Crippen LogP contribution in [0.4, 0.5) is 0 Å². The monoisotopic (exact) mass is 291 g/mol. The van der Waals surface area contributed by atoms with Gasteiger partial charge >= 0.3 is 0 Å². The summed E-state index contributed by atoms with van der Waals surface area (Å²) in [7, 11) is 0. The Bertz CT molecular complexity index is 414. The van der Waals surface area contributed by atoms with E-state index in [1.807, 2.05) is 0 Å². The Hall–Kier alpha value is -1.02. The quantitative estimate of drug-likeness (QED) is 0.698. The summed E-state index contributed by atoms with van der Waals surface area (Å²) >= 11 is 0. The van der Waals surface area contributed by atoms with E-state index < -0.39 is 0 Å². The summed E-state index contributed by atoms with van der Waals surface area (Å²) in [4.78, 5) is 0. The van der Waals surface area contributed by atoms with Crippen LogP contribution >= 0.6 is 0 Å². The SMILES string of the molecule is CCCNC(COc1ccc(C(C)C)c(C)c1)C(C)CC. The highest BCUT2D eigenvalue weighted by Gasteiger charge is 2.16. The largest absolute Gasteiger partial charge is 0.492 e. The first-order chi connectivity index (χ1) is 9.99. The fraction of sp³-hybridized carbons (Fsp3) is 0.684. The predicted octanol–water partition coefficient (Wildman–Crippen LogP) is 4.91. The highest BCUT2D eigenvalue weighted by atomic mass is 16.5.